The molecule has 1 N–H and O–H groups in total. The second-order valence-electron chi connectivity index (χ2n) is 5.18. The number of nitrogens with one attached hydrogen (secondary N) is 1. The molecular formula is C12H22F3N. The first kappa shape index (κ1) is 13.8. The molecule has 16 heavy (non-hydrogen) atoms. The smallest absolute Gasteiger partial charge is 0.303 e. The zero-order valence-electron chi connectivity index (χ0n) is 10.3. The lowest BCUT2D eigenvalue weighted by Gasteiger charge is -2.46. The minimum absolute atomic E-state index is 0.221. The molecule has 1 aliphatic carbocycles. The highest BCUT2D eigenvalue weighted by Crippen LogP contribution is 2.46. The van der Waals surface area contributed by atoms with E-state index in [9.17, 15) is 13.2 Å². The van der Waals surface area contributed by atoms with Crippen LogP contribution >= 0.6 is 0 Å². The first-order chi connectivity index (χ1) is 7.33. The van der Waals surface area contributed by atoms with E-state index < -0.39 is 11.7 Å². The third-order valence-corrected chi connectivity index (χ3v) is 3.82. The zero-order chi connectivity index (χ0) is 12.4. The molecule has 0 aromatic carbocycles. The highest BCUT2D eigenvalue weighted by molar-refractivity contribution is 5.02. The van der Waals surface area contributed by atoms with Gasteiger partial charge in [0.05, 0.1) is 0 Å². The summed E-state index contributed by atoms with van der Waals surface area (Å²) < 4.78 is 39.7. The maximum absolute atomic E-state index is 13.2. The molecule has 1 saturated carbocycles. The maximum Gasteiger partial charge on any atom is 0.406 e. The average Bonchev–Trinajstić information content (AvgIpc) is 2.15. The topological polar surface area (TPSA) is 12.0 Å². The van der Waals surface area contributed by atoms with Crippen molar-refractivity contribution in [3.63, 3.8) is 0 Å². The molecule has 96 valence electrons. The monoisotopic (exact) mass is 237 g/mol. The van der Waals surface area contributed by atoms with Crippen LogP contribution in [0.1, 0.15) is 46.5 Å². The lowest BCUT2D eigenvalue weighted by Crippen LogP contribution is -2.63. The van der Waals surface area contributed by atoms with Gasteiger partial charge >= 0.3 is 6.18 Å². The summed E-state index contributed by atoms with van der Waals surface area (Å²) in [5, 5.41) is 2.77. The molecule has 0 heterocycles. The Labute approximate surface area is 95.8 Å². The third kappa shape index (κ3) is 2.53. The Bertz CT molecular complexity index is 223. The quantitative estimate of drug-likeness (QED) is 0.788. The van der Waals surface area contributed by atoms with Crippen LogP contribution in [0.2, 0.25) is 0 Å². The van der Waals surface area contributed by atoms with Gasteiger partial charge in [-0.1, -0.05) is 20.8 Å². The summed E-state index contributed by atoms with van der Waals surface area (Å²) in [7, 11) is 0. The normalized spacial score (nSPS) is 36.4. The van der Waals surface area contributed by atoms with Crippen molar-refractivity contribution >= 4 is 0 Å². The second kappa shape index (κ2) is 4.94. The molecule has 0 aliphatic heterocycles. The highest BCUT2D eigenvalue weighted by Gasteiger charge is 2.58. The summed E-state index contributed by atoms with van der Waals surface area (Å²) in [4.78, 5) is 0. The van der Waals surface area contributed by atoms with Crippen LogP contribution < -0.4 is 5.32 Å². The highest BCUT2D eigenvalue weighted by atomic mass is 19.4. The minimum atomic E-state index is -4.14. The molecular weight excluding hydrogens is 215 g/mol. The van der Waals surface area contributed by atoms with Crippen molar-refractivity contribution in [2.24, 2.45) is 11.8 Å². The van der Waals surface area contributed by atoms with Crippen LogP contribution in [0.25, 0.3) is 0 Å². The van der Waals surface area contributed by atoms with Crippen molar-refractivity contribution in [2.75, 3.05) is 6.54 Å². The van der Waals surface area contributed by atoms with Gasteiger partial charge < -0.3 is 5.32 Å². The number of rotatable bonds is 3. The van der Waals surface area contributed by atoms with Crippen LogP contribution in [0.15, 0.2) is 0 Å². The van der Waals surface area contributed by atoms with Crippen LogP contribution in [0, 0.1) is 11.8 Å². The van der Waals surface area contributed by atoms with Gasteiger partial charge in [0.1, 0.15) is 5.54 Å². The Morgan fingerprint density at radius 2 is 1.94 bits per heavy atom. The van der Waals surface area contributed by atoms with E-state index in [1.165, 1.54) is 0 Å². The number of halogens is 3. The Kier molecular flexibility index (Phi) is 4.27. The average molecular weight is 237 g/mol. The molecule has 0 radical (unpaired) electrons. The summed E-state index contributed by atoms with van der Waals surface area (Å²) in [5.41, 5.74) is -1.64. The van der Waals surface area contributed by atoms with Crippen LogP contribution in [0.3, 0.4) is 0 Å². The van der Waals surface area contributed by atoms with Gasteiger partial charge in [-0.3, -0.25) is 0 Å². The van der Waals surface area contributed by atoms with Crippen molar-refractivity contribution in [3.05, 3.63) is 0 Å². The number of hydrogen-bond donors (Lipinski definition) is 1. The molecule has 0 saturated heterocycles. The molecule has 0 aromatic heterocycles. The van der Waals surface area contributed by atoms with Gasteiger partial charge in [0, 0.05) is 0 Å². The van der Waals surface area contributed by atoms with Crippen LogP contribution in [0.4, 0.5) is 13.2 Å². The lowest BCUT2D eigenvalue weighted by molar-refractivity contribution is -0.221. The predicted octanol–water partition coefficient (Wildman–Crippen LogP) is 3.74. The van der Waals surface area contributed by atoms with Crippen molar-refractivity contribution in [1.29, 1.82) is 0 Å². The summed E-state index contributed by atoms with van der Waals surface area (Å²) in [5.74, 6) is 0.0803. The summed E-state index contributed by atoms with van der Waals surface area (Å²) >= 11 is 0. The molecule has 0 bridgehead atoms. The van der Waals surface area contributed by atoms with E-state index in [0.29, 0.717) is 25.3 Å². The maximum atomic E-state index is 13.2. The van der Waals surface area contributed by atoms with Crippen molar-refractivity contribution in [1.82, 2.24) is 5.32 Å². The van der Waals surface area contributed by atoms with Gasteiger partial charge in [-0.25, -0.2) is 0 Å². The third-order valence-electron chi connectivity index (χ3n) is 3.82. The van der Waals surface area contributed by atoms with E-state index in [-0.39, 0.29) is 12.3 Å². The number of alkyl halides is 3. The molecule has 4 heteroatoms. The Balaban J connectivity index is 2.86. The molecule has 1 fully saturated rings. The first-order valence-corrected chi connectivity index (χ1v) is 6.15. The SMILES string of the molecule is CCCNC1(C(F)(F)F)CCC(C)CC1C. The number of hydrogen-bond acceptors (Lipinski definition) is 1. The van der Waals surface area contributed by atoms with E-state index in [0.717, 1.165) is 6.42 Å². The standard InChI is InChI=1S/C12H22F3N/c1-4-7-16-11(12(13,14)15)6-5-9(2)8-10(11)3/h9-10,16H,4-8H2,1-3H3. The van der Waals surface area contributed by atoms with E-state index >= 15 is 0 Å². The first-order valence-electron chi connectivity index (χ1n) is 6.15. The summed E-state index contributed by atoms with van der Waals surface area (Å²) in [6.45, 7) is 6.11. The van der Waals surface area contributed by atoms with Crippen molar-refractivity contribution in [2.45, 2.75) is 58.2 Å². The predicted molar refractivity (Wildman–Crippen MR) is 59.3 cm³/mol. The van der Waals surface area contributed by atoms with Crippen molar-refractivity contribution in [3.8, 4) is 0 Å². The minimum Gasteiger partial charge on any atom is -0.303 e. The molecule has 0 spiro atoms. The van der Waals surface area contributed by atoms with Gasteiger partial charge in [-0.15, -0.1) is 0 Å². The van der Waals surface area contributed by atoms with E-state index in [1.54, 1.807) is 6.92 Å². The fourth-order valence-electron chi connectivity index (χ4n) is 2.78. The Morgan fingerprint density at radius 3 is 2.38 bits per heavy atom. The molecule has 1 nitrogen and oxygen atoms in total. The van der Waals surface area contributed by atoms with Gasteiger partial charge in [0.2, 0.25) is 0 Å². The van der Waals surface area contributed by atoms with Crippen LogP contribution in [-0.4, -0.2) is 18.3 Å². The molecule has 1 rings (SSSR count). The molecule has 1 aliphatic rings. The Hall–Kier alpha value is -0.250. The van der Waals surface area contributed by atoms with E-state index in [2.05, 4.69) is 5.32 Å². The fourth-order valence-corrected chi connectivity index (χ4v) is 2.78. The van der Waals surface area contributed by atoms with E-state index in [4.69, 9.17) is 0 Å². The van der Waals surface area contributed by atoms with Gasteiger partial charge in [-0.05, 0) is 44.1 Å². The Morgan fingerprint density at radius 1 is 1.31 bits per heavy atom. The molecule has 3 unspecified atom stereocenters. The summed E-state index contributed by atoms with van der Waals surface area (Å²) in [6.07, 6.45) is -1.85. The molecule has 0 aromatic rings. The second-order valence-corrected chi connectivity index (χ2v) is 5.18. The van der Waals surface area contributed by atoms with Gasteiger partial charge in [0.15, 0.2) is 0 Å². The molecule has 0 amide bonds. The van der Waals surface area contributed by atoms with Crippen molar-refractivity contribution < 1.29 is 13.2 Å². The zero-order valence-corrected chi connectivity index (χ0v) is 10.3. The van der Waals surface area contributed by atoms with Crippen LogP contribution in [-0.2, 0) is 0 Å². The van der Waals surface area contributed by atoms with Gasteiger partial charge in [-0.2, -0.15) is 13.2 Å². The van der Waals surface area contributed by atoms with E-state index in [1.807, 2.05) is 13.8 Å². The largest absolute Gasteiger partial charge is 0.406 e. The summed E-state index contributed by atoms with van der Waals surface area (Å²) in [6, 6.07) is 0. The van der Waals surface area contributed by atoms with Crippen LogP contribution in [0.5, 0.6) is 0 Å². The lowest BCUT2D eigenvalue weighted by atomic mass is 9.69. The van der Waals surface area contributed by atoms with Gasteiger partial charge in [0.25, 0.3) is 0 Å². The fraction of sp³-hybridized carbons (Fsp3) is 1.00. The molecule has 3 atom stereocenters.